The van der Waals surface area contributed by atoms with Gasteiger partial charge in [0.25, 0.3) is 0 Å². The topological polar surface area (TPSA) is 46.2 Å². The maximum Gasteiger partial charge on any atom is 0.175 e. The summed E-state index contributed by atoms with van der Waals surface area (Å²) in [7, 11) is -1.09. The van der Waals surface area contributed by atoms with Gasteiger partial charge in [-0.25, -0.2) is 8.42 Å². The molecule has 0 radical (unpaired) electrons. The van der Waals surface area contributed by atoms with Crippen molar-refractivity contribution in [3.63, 3.8) is 0 Å². The fourth-order valence-electron chi connectivity index (χ4n) is 2.22. The lowest BCUT2D eigenvalue weighted by Crippen LogP contribution is -2.35. The molecule has 20 heavy (non-hydrogen) atoms. The van der Waals surface area contributed by atoms with E-state index in [1.807, 2.05) is 30.9 Å². The number of nitrogens with one attached hydrogen (secondary N) is 1. The quantitative estimate of drug-likeness (QED) is 0.747. The van der Waals surface area contributed by atoms with Gasteiger partial charge in [-0.1, -0.05) is 20.3 Å². The molecule has 0 aliphatic carbocycles. The fraction of sp³-hybridized carbons (Fsp3) is 0.600. The Morgan fingerprint density at radius 2 is 1.80 bits per heavy atom. The predicted molar refractivity (Wildman–Crippen MR) is 87.2 cm³/mol. The molecule has 0 amide bonds. The highest BCUT2D eigenvalue weighted by Gasteiger charge is 2.19. The van der Waals surface area contributed by atoms with E-state index in [1.165, 1.54) is 6.26 Å². The van der Waals surface area contributed by atoms with Gasteiger partial charge < -0.3 is 5.32 Å². The van der Waals surface area contributed by atoms with E-state index in [4.69, 9.17) is 0 Å². The van der Waals surface area contributed by atoms with E-state index in [0.29, 0.717) is 16.2 Å². The lowest BCUT2D eigenvalue weighted by atomic mass is 10.1. The Labute approximate surface area is 127 Å². The van der Waals surface area contributed by atoms with E-state index in [1.54, 1.807) is 12.1 Å². The average molecular weight is 316 g/mol. The normalized spacial score (nSPS) is 15.0. The van der Waals surface area contributed by atoms with Gasteiger partial charge in [0, 0.05) is 22.4 Å². The number of rotatable bonds is 8. The Kier molecular flexibility index (Phi) is 7.06. The number of thioether (sulfide) groups is 1. The van der Waals surface area contributed by atoms with E-state index in [2.05, 4.69) is 19.2 Å². The van der Waals surface area contributed by atoms with Crippen LogP contribution in [-0.4, -0.2) is 33.0 Å². The van der Waals surface area contributed by atoms with E-state index in [-0.39, 0.29) is 0 Å². The molecule has 1 rings (SSSR count). The van der Waals surface area contributed by atoms with Crippen molar-refractivity contribution < 1.29 is 8.42 Å². The molecule has 0 aromatic heterocycles. The lowest BCUT2D eigenvalue weighted by molar-refractivity contribution is 0.490. The molecule has 1 N–H and O–H groups in total. The summed E-state index contributed by atoms with van der Waals surface area (Å²) < 4.78 is 22.9. The molecule has 0 fully saturated rings. The van der Waals surface area contributed by atoms with Crippen LogP contribution in [0.3, 0.4) is 0 Å². The smallest absolute Gasteiger partial charge is 0.175 e. The first-order valence-electron chi connectivity index (χ1n) is 7.06. The van der Waals surface area contributed by atoms with Crippen LogP contribution in [-0.2, 0) is 9.84 Å². The molecular formula is C15H25NO2S2. The molecule has 0 bridgehead atoms. The summed E-state index contributed by atoms with van der Waals surface area (Å²) in [5.41, 5.74) is 0. The van der Waals surface area contributed by atoms with Crippen molar-refractivity contribution >= 4 is 21.6 Å². The van der Waals surface area contributed by atoms with E-state index in [9.17, 15) is 8.42 Å². The molecule has 1 aromatic rings. The van der Waals surface area contributed by atoms with Gasteiger partial charge in [-0.3, -0.25) is 0 Å². The molecule has 0 spiro atoms. The fourth-order valence-corrected chi connectivity index (χ4v) is 4.09. The summed E-state index contributed by atoms with van der Waals surface area (Å²) in [5.74, 6) is 0. The van der Waals surface area contributed by atoms with Crippen LogP contribution in [0.2, 0.25) is 0 Å². The highest BCUT2D eigenvalue weighted by molar-refractivity contribution is 8.00. The summed E-state index contributed by atoms with van der Waals surface area (Å²) >= 11 is 1.82. The van der Waals surface area contributed by atoms with E-state index >= 15 is 0 Å². The van der Waals surface area contributed by atoms with Gasteiger partial charge in [0.05, 0.1) is 4.90 Å². The van der Waals surface area contributed by atoms with Gasteiger partial charge in [-0.2, -0.15) is 0 Å². The van der Waals surface area contributed by atoms with Crippen molar-refractivity contribution in [2.24, 2.45) is 0 Å². The Bertz CT molecular complexity index is 497. The van der Waals surface area contributed by atoms with Crippen LogP contribution in [0.5, 0.6) is 0 Å². The zero-order valence-corrected chi connectivity index (χ0v) is 14.4. The highest BCUT2D eigenvalue weighted by Crippen LogP contribution is 2.29. The third-order valence-corrected chi connectivity index (χ3v) is 6.00. The van der Waals surface area contributed by atoms with Gasteiger partial charge >= 0.3 is 0 Å². The molecule has 0 saturated heterocycles. The Balaban J connectivity index is 2.80. The van der Waals surface area contributed by atoms with Crippen LogP contribution in [0.15, 0.2) is 34.1 Å². The SMILES string of the molecule is CCCC(NC)C(CC)Sc1ccc(S(C)(=O)=O)cc1. The molecule has 0 aliphatic heterocycles. The Morgan fingerprint density at radius 3 is 2.20 bits per heavy atom. The Morgan fingerprint density at radius 1 is 1.20 bits per heavy atom. The zero-order valence-electron chi connectivity index (χ0n) is 12.7. The first-order chi connectivity index (χ1) is 9.42. The van der Waals surface area contributed by atoms with Crippen molar-refractivity contribution in [3.8, 4) is 0 Å². The van der Waals surface area contributed by atoms with E-state index in [0.717, 1.165) is 24.2 Å². The molecule has 0 heterocycles. The minimum absolute atomic E-state index is 0.383. The molecule has 0 aliphatic rings. The lowest BCUT2D eigenvalue weighted by Gasteiger charge is -2.25. The first-order valence-corrected chi connectivity index (χ1v) is 9.83. The molecule has 2 atom stereocenters. The predicted octanol–water partition coefficient (Wildman–Crippen LogP) is 3.35. The van der Waals surface area contributed by atoms with Crippen molar-refractivity contribution in [3.05, 3.63) is 24.3 Å². The minimum Gasteiger partial charge on any atom is -0.316 e. The average Bonchev–Trinajstić information content (AvgIpc) is 2.42. The third-order valence-electron chi connectivity index (χ3n) is 3.36. The molecule has 0 saturated carbocycles. The summed E-state index contributed by atoms with van der Waals surface area (Å²) in [6, 6.07) is 7.69. The standard InChI is InChI=1S/C15H25NO2S2/c1-5-7-14(16-3)15(6-2)19-12-8-10-13(11-9-12)20(4,17)18/h8-11,14-16H,5-7H2,1-4H3. The van der Waals surface area contributed by atoms with Gasteiger partial charge in [-0.15, -0.1) is 11.8 Å². The van der Waals surface area contributed by atoms with E-state index < -0.39 is 9.84 Å². The zero-order chi connectivity index (χ0) is 15.2. The number of benzene rings is 1. The van der Waals surface area contributed by atoms with Crippen LogP contribution in [0.25, 0.3) is 0 Å². The first kappa shape index (κ1) is 17.5. The summed E-state index contributed by atoms with van der Waals surface area (Å²) in [6.45, 7) is 4.39. The van der Waals surface area contributed by atoms with Crippen LogP contribution in [0, 0.1) is 0 Å². The summed E-state index contributed by atoms with van der Waals surface area (Å²) in [6.07, 6.45) is 4.64. The second kappa shape index (κ2) is 8.05. The van der Waals surface area contributed by atoms with Crippen LogP contribution in [0.1, 0.15) is 33.1 Å². The summed E-state index contributed by atoms with van der Waals surface area (Å²) in [5, 5.41) is 3.90. The number of hydrogen-bond acceptors (Lipinski definition) is 4. The van der Waals surface area contributed by atoms with Gasteiger partial charge in [0.1, 0.15) is 0 Å². The minimum atomic E-state index is -3.10. The molecule has 2 unspecified atom stereocenters. The highest BCUT2D eigenvalue weighted by atomic mass is 32.2. The molecule has 114 valence electrons. The van der Waals surface area contributed by atoms with Crippen LogP contribution < -0.4 is 5.32 Å². The largest absolute Gasteiger partial charge is 0.316 e. The van der Waals surface area contributed by atoms with Crippen molar-refractivity contribution in [2.45, 2.75) is 54.2 Å². The van der Waals surface area contributed by atoms with Gasteiger partial charge in [-0.05, 0) is 44.2 Å². The third kappa shape index (κ3) is 5.11. The van der Waals surface area contributed by atoms with Crippen LogP contribution >= 0.6 is 11.8 Å². The maximum atomic E-state index is 11.4. The van der Waals surface area contributed by atoms with Crippen molar-refractivity contribution in [2.75, 3.05) is 13.3 Å². The van der Waals surface area contributed by atoms with Gasteiger partial charge in [0.15, 0.2) is 9.84 Å². The molecular weight excluding hydrogens is 290 g/mol. The van der Waals surface area contributed by atoms with Gasteiger partial charge in [0.2, 0.25) is 0 Å². The second-order valence-corrected chi connectivity index (χ2v) is 8.32. The van der Waals surface area contributed by atoms with Crippen molar-refractivity contribution in [1.82, 2.24) is 5.32 Å². The maximum absolute atomic E-state index is 11.4. The number of hydrogen-bond donors (Lipinski definition) is 1. The monoisotopic (exact) mass is 315 g/mol. The van der Waals surface area contributed by atoms with Crippen molar-refractivity contribution in [1.29, 1.82) is 0 Å². The Hall–Kier alpha value is -0.520. The second-order valence-electron chi connectivity index (χ2n) is 4.99. The summed E-state index contributed by atoms with van der Waals surface area (Å²) in [4.78, 5) is 1.51. The molecule has 1 aromatic carbocycles. The molecule has 5 heteroatoms. The van der Waals surface area contributed by atoms with Crippen LogP contribution in [0.4, 0.5) is 0 Å². The number of sulfone groups is 1. The molecule has 3 nitrogen and oxygen atoms in total.